The summed E-state index contributed by atoms with van der Waals surface area (Å²) in [5.41, 5.74) is 0.273. The Labute approximate surface area is 88.2 Å². The Bertz CT molecular complexity index is 395. The molecule has 0 spiro atoms. The molecule has 0 aromatic carbocycles. The minimum atomic E-state index is -0.139. The zero-order valence-electron chi connectivity index (χ0n) is 8.69. The number of hydrogen-bond donors (Lipinski definition) is 1. The largest absolute Gasteiger partial charge is 0.309 e. The van der Waals surface area contributed by atoms with Crippen LogP contribution < -0.4 is 5.32 Å². The van der Waals surface area contributed by atoms with Crippen molar-refractivity contribution in [1.29, 1.82) is 5.26 Å². The van der Waals surface area contributed by atoms with Gasteiger partial charge in [0.2, 0.25) is 5.91 Å². The van der Waals surface area contributed by atoms with Gasteiger partial charge in [-0.15, -0.1) is 0 Å². The predicted molar refractivity (Wildman–Crippen MR) is 54.8 cm³/mol. The highest BCUT2D eigenvalue weighted by Crippen LogP contribution is 2.09. The second-order valence-corrected chi connectivity index (χ2v) is 3.54. The van der Waals surface area contributed by atoms with E-state index >= 15 is 0 Å². The van der Waals surface area contributed by atoms with Crippen molar-refractivity contribution in [3.8, 4) is 6.07 Å². The van der Waals surface area contributed by atoms with E-state index in [2.05, 4.69) is 15.3 Å². The van der Waals surface area contributed by atoms with Crippen molar-refractivity contribution in [2.75, 3.05) is 5.32 Å². The molecule has 0 aliphatic rings. The summed E-state index contributed by atoms with van der Waals surface area (Å²) in [6.07, 6.45) is 3.08. The molecule has 0 unspecified atom stereocenters. The highest BCUT2D eigenvalue weighted by molar-refractivity contribution is 5.90. The van der Waals surface area contributed by atoms with Crippen LogP contribution in [0.5, 0.6) is 0 Å². The van der Waals surface area contributed by atoms with Crippen LogP contribution in [0, 0.1) is 17.2 Å². The maximum absolute atomic E-state index is 11.4. The van der Waals surface area contributed by atoms with Crippen molar-refractivity contribution in [1.82, 2.24) is 9.97 Å². The fourth-order valence-electron chi connectivity index (χ4n) is 1.06. The van der Waals surface area contributed by atoms with Gasteiger partial charge >= 0.3 is 0 Å². The van der Waals surface area contributed by atoms with Crippen LogP contribution in [0.4, 0.5) is 5.82 Å². The van der Waals surface area contributed by atoms with Gasteiger partial charge in [-0.3, -0.25) is 4.79 Å². The summed E-state index contributed by atoms with van der Waals surface area (Å²) in [6.45, 7) is 3.90. The second-order valence-electron chi connectivity index (χ2n) is 3.54. The molecule has 0 fully saturated rings. The monoisotopic (exact) mass is 204 g/mol. The molecule has 0 bridgehead atoms. The summed E-state index contributed by atoms with van der Waals surface area (Å²) in [6, 6.07) is 1.91. The van der Waals surface area contributed by atoms with Crippen LogP contribution in [-0.4, -0.2) is 15.9 Å². The number of carbonyl (C=O) groups is 1. The minimum absolute atomic E-state index is 0.139. The van der Waals surface area contributed by atoms with Gasteiger partial charge in [0, 0.05) is 6.42 Å². The summed E-state index contributed by atoms with van der Waals surface area (Å²) in [7, 11) is 0. The van der Waals surface area contributed by atoms with Crippen molar-refractivity contribution >= 4 is 11.7 Å². The summed E-state index contributed by atoms with van der Waals surface area (Å²) in [4.78, 5) is 18.9. The Morgan fingerprint density at radius 1 is 1.67 bits per heavy atom. The number of nitriles is 1. The molecule has 5 heteroatoms. The number of anilines is 1. The van der Waals surface area contributed by atoms with Gasteiger partial charge < -0.3 is 5.32 Å². The first-order chi connectivity index (χ1) is 7.13. The molecule has 1 aromatic heterocycles. The first kappa shape index (κ1) is 11.1. The number of amides is 1. The van der Waals surface area contributed by atoms with Gasteiger partial charge in [0.05, 0.1) is 6.20 Å². The molecule has 0 saturated carbocycles. The fourth-order valence-corrected chi connectivity index (χ4v) is 1.06. The highest BCUT2D eigenvalue weighted by atomic mass is 16.1. The molecular weight excluding hydrogens is 192 g/mol. The van der Waals surface area contributed by atoms with Crippen molar-refractivity contribution < 1.29 is 4.79 Å². The molecule has 1 aromatic rings. The number of hydrogen-bond acceptors (Lipinski definition) is 4. The lowest BCUT2D eigenvalue weighted by molar-refractivity contribution is -0.116. The van der Waals surface area contributed by atoms with Crippen LogP contribution in [0.1, 0.15) is 25.8 Å². The van der Waals surface area contributed by atoms with Gasteiger partial charge in [0.15, 0.2) is 5.82 Å². The van der Waals surface area contributed by atoms with E-state index in [1.54, 1.807) is 0 Å². The van der Waals surface area contributed by atoms with Gasteiger partial charge in [-0.2, -0.15) is 5.26 Å². The van der Waals surface area contributed by atoms with Crippen molar-refractivity contribution in [2.45, 2.75) is 20.3 Å². The molecule has 15 heavy (non-hydrogen) atoms. The molecular formula is C10H12N4O. The lowest BCUT2D eigenvalue weighted by Gasteiger charge is -2.06. The quantitative estimate of drug-likeness (QED) is 0.805. The molecule has 1 heterocycles. The lowest BCUT2D eigenvalue weighted by atomic mass is 10.1. The number of carbonyl (C=O) groups excluding carboxylic acids is 1. The van der Waals surface area contributed by atoms with Gasteiger partial charge in [-0.05, 0) is 5.92 Å². The standard InChI is InChI=1S/C10H12N4O/c1-7(2)3-9(15)14-10-8(4-11)5-12-6-13-10/h5-7H,3H2,1-2H3,(H,12,13,14,15). The van der Waals surface area contributed by atoms with Crippen LogP contribution in [0.3, 0.4) is 0 Å². The molecule has 1 N–H and O–H groups in total. The third-order valence-corrected chi connectivity index (χ3v) is 1.68. The maximum Gasteiger partial charge on any atom is 0.225 e. The van der Waals surface area contributed by atoms with E-state index in [1.165, 1.54) is 12.5 Å². The molecule has 5 nitrogen and oxygen atoms in total. The molecule has 1 rings (SSSR count). The van der Waals surface area contributed by atoms with Crippen LogP contribution >= 0.6 is 0 Å². The minimum Gasteiger partial charge on any atom is -0.309 e. The summed E-state index contributed by atoms with van der Waals surface area (Å²) >= 11 is 0. The summed E-state index contributed by atoms with van der Waals surface area (Å²) in [5, 5.41) is 11.3. The SMILES string of the molecule is CC(C)CC(=O)Nc1ncncc1C#N. The Morgan fingerprint density at radius 3 is 3.00 bits per heavy atom. The molecule has 78 valence electrons. The van der Waals surface area contributed by atoms with E-state index in [0.29, 0.717) is 6.42 Å². The first-order valence-corrected chi connectivity index (χ1v) is 4.63. The molecule has 0 atom stereocenters. The third-order valence-electron chi connectivity index (χ3n) is 1.68. The van der Waals surface area contributed by atoms with Gasteiger partial charge in [0.25, 0.3) is 0 Å². The second kappa shape index (κ2) is 5.05. The Kier molecular flexibility index (Phi) is 3.75. The van der Waals surface area contributed by atoms with Crippen LogP contribution in [0.15, 0.2) is 12.5 Å². The van der Waals surface area contributed by atoms with E-state index in [0.717, 1.165) is 0 Å². The zero-order valence-corrected chi connectivity index (χ0v) is 8.69. The normalized spacial score (nSPS) is 9.73. The maximum atomic E-state index is 11.4. The van der Waals surface area contributed by atoms with Gasteiger partial charge in [-0.1, -0.05) is 13.8 Å². The van der Waals surface area contributed by atoms with Gasteiger partial charge in [-0.25, -0.2) is 9.97 Å². The Balaban J connectivity index is 2.73. The van der Waals surface area contributed by atoms with Crippen LogP contribution in [-0.2, 0) is 4.79 Å². The molecule has 0 aliphatic heterocycles. The summed E-state index contributed by atoms with van der Waals surface area (Å²) in [5.74, 6) is 0.413. The van der Waals surface area contributed by atoms with E-state index in [1.807, 2.05) is 19.9 Å². The molecule has 1 amide bonds. The van der Waals surface area contributed by atoms with Gasteiger partial charge in [0.1, 0.15) is 18.0 Å². The molecule has 0 saturated heterocycles. The number of aromatic nitrogens is 2. The first-order valence-electron chi connectivity index (χ1n) is 4.63. The Morgan fingerprint density at radius 2 is 2.40 bits per heavy atom. The number of nitrogens with zero attached hydrogens (tertiary/aromatic N) is 3. The van der Waals surface area contributed by atoms with E-state index in [4.69, 9.17) is 5.26 Å². The lowest BCUT2D eigenvalue weighted by Crippen LogP contribution is -2.15. The van der Waals surface area contributed by atoms with E-state index in [9.17, 15) is 4.79 Å². The van der Waals surface area contributed by atoms with E-state index in [-0.39, 0.29) is 23.2 Å². The van der Waals surface area contributed by atoms with Crippen molar-refractivity contribution in [2.24, 2.45) is 5.92 Å². The highest BCUT2D eigenvalue weighted by Gasteiger charge is 2.09. The molecule has 0 aliphatic carbocycles. The smallest absolute Gasteiger partial charge is 0.225 e. The van der Waals surface area contributed by atoms with E-state index < -0.39 is 0 Å². The van der Waals surface area contributed by atoms with Crippen LogP contribution in [0.2, 0.25) is 0 Å². The Hall–Kier alpha value is -1.96. The number of nitrogens with one attached hydrogen (secondary N) is 1. The van der Waals surface area contributed by atoms with Crippen LogP contribution in [0.25, 0.3) is 0 Å². The zero-order chi connectivity index (χ0) is 11.3. The molecule has 0 radical (unpaired) electrons. The number of rotatable bonds is 3. The predicted octanol–water partition coefficient (Wildman–Crippen LogP) is 1.33. The average molecular weight is 204 g/mol. The average Bonchev–Trinajstić information content (AvgIpc) is 2.17. The van der Waals surface area contributed by atoms with Crippen molar-refractivity contribution in [3.63, 3.8) is 0 Å². The fraction of sp³-hybridized carbons (Fsp3) is 0.400. The topological polar surface area (TPSA) is 78.7 Å². The van der Waals surface area contributed by atoms with Crippen molar-refractivity contribution in [3.05, 3.63) is 18.1 Å². The third kappa shape index (κ3) is 3.35. The summed E-state index contributed by atoms with van der Waals surface area (Å²) < 4.78 is 0.